The molecule has 0 aromatic heterocycles. The van der Waals surface area contributed by atoms with Gasteiger partial charge in [0.05, 0.1) is 0 Å². The summed E-state index contributed by atoms with van der Waals surface area (Å²) in [7, 11) is 0. The SMILES string of the molecule is C=CCC1=C(C2=[C-]CC=C2)CC=C1.[Ru+]. The molecule has 2 aliphatic carbocycles. The molecule has 0 saturated heterocycles. The summed E-state index contributed by atoms with van der Waals surface area (Å²) >= 11 is 0. The van der Waals surface area contributed by atoms with Crippen molar-refractivity contribution in [3.63, 3.8) is 0 Å². The quantitative estimate of drug-likeness (QED) is 0.418. The van der Waals surface area contributed by atoms with Crippen LogP contribution in [0.1, 0.15) is 19.3 Å². The molecule has 14 heavy (non-hydrogen) atoms. The van der Waals surface area contributed by atoms with E-state index in [1.54, 1.807) is 0 Å². The van der Waals surface area contributed by atoms with Crippen molar-refractivity contribution >= 4 is 0 Å². The second-order valence-corrected chi connectivity index (χ2v) is 3.30. The molecule has 0 aromatic carbocycles. The molecule has 73 valence electrons. The molecule has 0 unspecified atom stereocenters. The van der Waals surface area contributed by atoms with Gasteiger partial charge in [0.25, 0.3) is 0 Å². The largest absolute Gasteiger partial charge is 1.00 e. The van der Waals surface area contributed by atoms with Crippen LogP contribution in [-0.2, 0) is 19.5 Å². The van der Waals surface area contributed by atoms with E-state index >= 15 is 0 Å². The maximum atomic E-state index is 3.77. The minimum atomic E-state index is 0. The molecule has 0 saturated carbocycles. The average molecular weight is 270 g/mol. The van der Waals surface area contributed by atoms with Crippen LogP contribution in [0, 0.1) is 6.08 Å². The van der Waals surface area contributed by atoms with Crippen LogP contribution >= 0.6 is 0 Å². The number of hydrogen-bond acceptors (Lipinski definition) is 0. The van der Waals surface area contributed by atoms with Gasteiger partial charge in [-0.05, 0) is 6.42 Å². The van der Waals surface area contributed by atoms with Crippen LogP contribution in [0.25, 0.3) is 0 Å². The van der Waals surface area contributed by atoms with Gasteiger partial charge in [0, 0.05) is 0 Å². The molecule has 0 atom stereocenters. The van der Waals surface area contributed by atoms with Crippen LogP contribution in [-0.4, -0.2) is 0 Å². The number of rotatable bonds is 3. The Kier molecular flexibility index (Phi) is 4.29. The van der Waals surface area contributed by atoms with Gasteiger partial charge in [0.2, 0.25) is 0 Å². The zero-order chi connectivity index (χ0) is 9.10. The Morgan fingerprint density at radius 1 is 1.36 bits per heavy atom. The second-order valence-electron chi connectivity index (χ2n) is 3.30. The van der Waals surface area contributed by atoms with Crippen LogP contribution in [0.2, 0.25) is 0 Å². The molecule has 0 fully saturated rings. The van der Waals surface area contributed by atoms with E-state index < -0.39 is 0 Å². The molecule has 2 aliphatic rings. The third-order valence-electron chi connectivity index (χ3n) is 2.41. The molecule has 2 rings (SSSR count). The van der Waals surface area contributed by atoms with E-state index in [9.17, 15) is 0 Å². The maximum absolute atomic E-state index is 3.77. The standard InChI is InChI=1S/C13H13.Ru/c1-2-6-11-9-5-10-13(11)12-7-3-4-8-12;/h2-3,5,7,9H,1,4,6,10H2;/q-1;+1. The van der Waals surface area contributed by atoms with Crippen molar-refractivity contribution in [3.8, 4) is 0 Å². The van der Waals surface area contributed by atoms with Crippen LogP contribution < -0.4 is 0 Å². The van der Waals surface area contributed by atoms with Gasteiger partial charge in [-0.1, -0.05) is 36.6 Å². The summed E-state index contributed by atoms with van der Waals surface area (Å²) in [6, 6.07) is 0. The fourth-order valence-corrected chi connectivity index (χ4v) is 1.79. The Balaban J connectivity index is 0.000000980. The summed E-state index contributed by atoms with van der Waals surface area (Å²) in [5.41, 5.74) is 4.14. The topological polar surface area (TPSA) is 0 Å². The Morgan fingerprint density at radius 2 is 2.21 bits per heavy atom. The van der Waals surface area contributed by atoms with Crippen molar-refractivity contribution in [3.05, 3.63) is 59.8 Å². The molecule has 0 aliphatic heterocycles. The van der Waals surface area contributed by atoms with E-state index in [1.807, 2.05) is 6.08 Å². The molecule has 0 spiro atoms. The van der Waals surface area contributed by atoms with Crippen molar-refractivity contribution in [1.82, 2.24) is 0 Å². The van der Waals surface area contributed by atoms with E-state index in [-0.39, 0.29) is 19.5 Å². The van der Waals surface area contributed by atoms with Crippen molar-refractivity contribution < 1.29 is 19.5 Å². The van der Waals surface area contributed by atoms with Crippen molar-refractivity contribution in [2.45, 2.75) is 19.3 Å². The van der Waals surface area contributed by atoms with Crippen LogP contribution in [0.5, 0.6) is 0 Å². The first kappa shape index (κ1) is 11.4. The van der Waals surface area contributed by atoms with Crippen molar-refractivity contribution in [1.29, 1.82) is 0 Å². The smallest absolute Gasteiger partial charge is 0.198 e. The van der Waals surface area contributed by atoms with Gasteiger partial charge in [-0.25, -0.2) is 0 Å². The van der Waals surface area contributed by atoms with E-state index in [0.29, 0.717) is 0 Å². The number of hydrogen-bond donors (Lipinski definition) is 0. The number of allylic oxidation sites excluding steroid dienone is 9. The van der Waals surface area contributed by atoms with Crippen molar-refractivity contribution in [2.24, 2.45) is 0 Å². The molecule has 1 radical (unpaired) electrons. The minimum absolute atomic E-state index is 0. The van der Waals surface area contributed by atoms with Gasteiger partial charge in [-0.15, -0.1) is 18.2 Å². The predicted octanol–water partition coefficient (Wildman–Crippen LogP) is 3.51. The Morgan fingerprint density at radius 3 is 2.86 bits per heavy atom. The van der Waals surface area contributed by atoms with E-state index in [1.165, 1.54) is 16.7 Å². The van der Waals surface area contributed by atoms with Gasteiger partial charge in [0.1, 0.15) is 0 Å². The van der Waals surface area contributed by atoms with Crippen LogP contribution in [0.15, 0.2) is 53.7 Å². The van der Waals surface area contributed by atoms with Gasteiger partial charge in [-0.2, -0.15) is 17.7 Å². The predicted molar refractivity (Wildman–Crippen MR) is 56.1 cm³/mol. The van der Waals surface area contributed by atoms with Gasteiger partial charge in [-0.3, -0.25) is 0 Å². The third kappa shape index (κ3) is 2.22. The van der Waals surface area contributed by atoms with Crippen molar-refractivity contribution in [2.75, 3.05) is 0 Å². The van der Waals surface area contributed by atoms with Gasteiger partial charge < -0.3 is 0 Å². The zero-order valence-corrected chi connectivity index (χ0v) is 9.81. The van der Waals surface area contributed by atoms with E-state index in [2.05, 4.69) is 37.0 Å². The maximum Gasteiger partial charge on any atom is 1.00 e. The van der Waals surface area contributed by atoms with Crippen LogP contribution in [0.4, 0.5) is 0 Å². The monoisotopic (exact) mass is 271 g/mol. The normalized spacial score (nSPS) is 18.4. The van der Waals surface area contributed by atoms with Gasteiger partial charge >= 0.3 is 19.5 Å². The van der Waals surface area contributed by atoms with E-state index in [4.69, 9.17) is 0 Å². The summed E-state index contributed by atoms with van der Waals surface area (Å²) in [5.74, 6) is 0. The third-order valence-corrected chi connectivity index (χ3v) is 2.41. The summed E-state index contributed by atoms with van der Waals surface area (Å²) < 4.78 is 0. The molecular formula is C13H13Ru. The first-order valence-electron chi connectivity index (χ1n) is 4.69. The Labute approximate surface area is 98.5 Å². The first-order valence-corrected chi connectivity index (χ1v) is 4.69. The minimum Gasteiger partial charge on any atom is -0.198 e. The molecule has 0 N–H and O–H groups in total. The molecule has 0 bridgehead atoms. The average Bonchev–Trinajstić information content (AvgIpc) is 2.71. The molecule has 0 nitrogen and oxygen atoms in total. The fourth-order valence-electron chi connectivity index (χ4n) is 1.79. The van der Waals surface area contributed by atoms with Crippen LogP contribution in [0.3, 0.4) is 0 Å². The fraction of sp³-hybridized carbons (Fsp3) is 0.231. The summed E-state index contributed by atoms with van der Waals surface area (Å²) in [5, 5.41) is 0. The van der Waals surface area contributed by atoms with Gasteiger partial charge in [0.15, 0.2) is 0 Å². The van der Waals surface area contributed by atoms with E-state index in [0.717, 1.165) is 19.3 Å². The first-order chi connectivity index (χ1) is 6.42. The molecule has 1 heteroatoms. The summed E-state index contributed by atoms with van der Waals surface area (Å²) in [6.07, 6.45) is 17.1. The molecule has 0 aromatic rings. The zero-order valence-electron chi connectivity index (χ0n) is 8.07. The molecular weight excluding hydrogens is 257 g/mol. The second kappa shape index (κ2) is 5.27. The Bertz CT molecular complexity index is 340. The molecule has 0 heterocycles. The Hall–Kier alpha value is -0.677. The summed E-state index contributed by atoms with van der Waals surface area (Å²) in [6.45, 7) is 3.77. The molecule has 0 amide bonds. The summed E-state index contributed by atoms with van der Waals surface area (Å²) in [4.78, 5) is 0.